The molecule has 1 heterocycles. The van der Waals surface area contributed by atoms with E-state index in [-0.39, 0.29) is 11.7 Å². The van der Waals surface area contributed by atoms with Crippen LogP contribution in [0.4, 0.5) is 5.69 Å². The first-order chi connectivity index (χ1) is 13.4. The quantitative estimate of drug-likeness (QED) is 0.368. The second-order valence-electron chi connectivity index (χ2n) is 6.00. The fourth-order valence-electron chi connectivity index (χ4n) is 2.53. The molecule has 1 amide bonds. The van der Waals surface area contributed by atoms with Gasteiger partial charge in [-0.15, -0.1) is 10.2 Å². The fourth-order valence-corrected chi connectivity index (χ4v) is 3.93. The number of amides is 1. The Balaban J connectivity index is 1.70. The predicted molar refractivity (Wildman–Crippen MR) is 117 cm³/mol. The summed E-state index contributed by atoms with van der Waals surface area (Å²) in [4.78, 5) is 12.3. The van der Waals surface area contributed by atoms with Crippen LogP contribution in [0.3, 0.4) is 0 Å². The van der Waals surface area contributed by atoms with Crippen molar-refractivity contribution in [1.29, 1.82) is 0 Å². The minimum atomic E-state index is -0.229. The first kappa shape index (κ1) is 21.0. The van der Waals surface area contributed by atoms with Crippen LogP contribution < -0.4 is 5.32 Å². The van der Waals surface area contributed by atoms with Gasteiger partial charge in [-0.25, -0.2) is 0 Å². The van der Waals surface area contributed by atoms with Gasteiger partial charge >= 0.3 is 0 Å². The number of nitrogens with zero attached hydrogens (tertiary/aromatic N) is 3. The van der Waals surface area contributed by atoms with Gasteiger partial charge in [-0.1, -0.05) is 76.4 Å². The van der Waals surface area contributed by atoms with E-state index >= 15 is 0 Å². The molecular formula is C19H17Cl3N4OS. The number of aryl methyl sites for hydroxylation is 1. The van der Waals surface area contributed by atoms with Gasteiger partial charge in [0.05, 0.1) is 26.5 Å². The smallest absolute Gasteiger partial charge is 0.234 e. The third-order valence-electron chi connectivity index (χ3n) is 3.96. The van der Waals surface area contributed by atoms with Gasteiger partial charge in [0.15, 0.2) is 11.0 Å². The topological polar surface area (TPSA) is 59.8 Å². The van der Waals surface area contributed by atoms with Gasteiger partial charge in [-0.05, 0) is 26.0 Å². The van der Waals surface area contributed by atoms with Crippen molar-refractivity contribution in [3.63, 3.8) is 0 Å². The molecule has 2 aromatic carbocycles. The molecule has 0 fully saturated rings. The second kappa shape index (κ2) is 9.18. The molecule has 0 saturated heterocycles. The van der Waals surface area contributed by atoms with E-state index in [9.17, 15) is 4.79 Å². The van der Waals surface area contributed by atoms with Crippen LogP contribution in [-0.4, -0.2) is 26.4 Å². The Morgan fingerprint density at radius 2 is 1.75 bits per heavy atom. The number of hydrogen-bond acceptors (Lipinski definition) is 4. The monoisotopic (exact) mass is 454 g/mol. The highest BCUT2D eigenvalue weighted by atomic mass is 35.5. The number of rotatable bonds is 6. The largest absolute Gasteiger partial charge is 0.324 e. The summed E-state index contributed by atoms with van der Waals surface area (Å²) in [7, 11) is 0. The molecule has 146 valence electrons. The molecular weight excluding hydrogens is 439 g/mol. The molecule has 0 saturated carbocycles. The zero-order valence-electron chi connectivity index (χ0n) is 15.2. The number of anilines is 1. The Bertz CT molecular complexity index is 1010. The zero-order chi connectivity index (χ0) is 20.3. The minimum absolute atomic E-state index is 0.155. The van der Waals surface area contributed by atoms with Gasteiger partial charge in [0.25, 0.3) is 0 Å². The summed E-state index contributed by atoms with van der Waals surface area (Å²) < 4.78 is 1.98. The Labute approximate surface area is 182 Å². The van der Waals surface area contributed by atoms with E-state index in [1.165, 1.54) is 29.5 Å². The lowest BCUT2D eigenvalue weighted by atomic mass is 10.1. The average Bonchev–Trinajstić information content (AvgIpc) is 3.08. The number of hydrogen-bond donors (Lipinski definition) is 1. The molecule has 0 atom stereocenters. The van der Waals surface area contributed by atoms with Crippen LogP contribution in [0.15, 0.2) is 41.6 Å². The summed E-state index contributed by atoms with van der Waals surface area (Å²) in [5, 5.41) is 12.9. The molecule has 3 aromatic rings. The molecule has 0 bridgehead atoms. The van der Waals surface area contributed by atoms with Crippen LogP contribution >= 0.6 is 46.6 Å². The Morgan fingerprint density at radius 1 is 1.07 bits per heavy atom. The van der Waals surface area contributed by atoms with Crippen molar-refractivity contribution in [3.05, 3.63) is 57.0 Å². The maximum absolute atomic E-state index is 12.3. The van der Waals surface area contributed by atoms with Crippen molar-refractivity contribution in [2.45, 2.75) is 25.5 Å². The van der Waals surface area contributed by atoms with E-state index in [0.29, 0.717) is 32.5 Å². The van der Waals surface area contributed by atoms with Gasteiger partial charge < -0.3 is 9.88 Å². The van der Waals surface area contributed by atoms with Crippen LogP contribution in [0.2, 0.25) is 15.1 Å². The van der Waals surface area contributed by atoms with Crippen LogP contribution in [0.25, 0.3) is 11.4 Å². The van der Waals surface area contributed by atoms with Gasteiger partial charge in [-0.3, -0.25) is 4.79 Å². The van der Waals surface area contributed by atoms with Crippen molar-refractivity contribution in [2.24, 2.45) is 0 Å². The number of carbonyl (C=O) groups excluding carboxylic acids is 1. The van der Waals surface area contributed by atoms with Crippen LogP contribution in [0, 0.1) is 6.92 Å². The average molecular weight is 456 g/mol. The van der Waals surface area contributed by atoms with Crippen LogP contribution in [0.1, 0.15) is 12.5 Å². The fraction of sp³-hybridized carbons (Fsp3) is 0.211. The molecule has 5 nitrogen and oxygen atoms in total. The minimum Gasteiger partial charge on any atom is -0.324 e. The summed E-state index contributed by atoms with van der Waals surface area (Å²) in [5.74, 6) is 0.702. The summed E-state index contributed by atoms with van der Waals surface area (Å²) in [5.41, 5.74) is 2.58. The number of aromatic nitrogens is 3. The van der Waals surface area contributed by atoms with Gasteiger partial charge in [0.2, 0.25) is 5.91 Å². The van der Waals surface area contributed by atoms with Crippen LogP contribution in [0.5, 0.6) is 0 Å². The lowest BCUT2D eigenvalue weighted by Crippen LogP contribution is -2.15. The SMILES string of the molecule is CCn1c(SCC(=O)Nc2cc(Cl)c(Cl)cc2Cl)nnc1-c1ccc(C)cc1. The van der Waals surface area contributed by atoms with Gasteiger partial charge in [0, 0.05) is 12.1 Å². The first-order valence-electron chi connectivity index (χ1n) is 8.46. The van der Waals surface area contributed by atoms with E-state index in [1.54, 1.807) is 0 Å². The summed E-state index contributed by atoms with van der Waals surface area (Å²) in [6, 6.07) is 11.1. The number of benzene rings is 2. The van der Waals surface area contributed by atoms with Crippen molar-refractivity contribution in [2.75, 3.05) is 11.1 Å². The normalized spacial score (nSPS) is 10.9. The highest BCUT2D eigenvalue weighted by Gasteiger charge is 2.15. The summed E-state index contributed by atoms with van der Waals surface area (Å²) in [6.45, 7) is 4.74. The number of nitrogens with one attached hydrogen (secondary N) is 1. The number of halogens is 3. The predicted octanol–water partition coefficient (Wildman–Crippen LogP) is 5.96. The van der Waals surface area contributed by atoms with Crippen molar-refractivity contribution < 1.29 is 4.79 Å². The van der Waals surface area contributed by atoms with Gasteiger partial charge in [0.1, 0.15) is 0 Å². The molecule has 0 spiro atoms. The molecule has 0 aliphatic carbocycles. The first-order valence-corrected chi connectivity index (χ1v) is 10.6. The molecule has 3 rings (SSSR count). The molecule has 9 heteroatoms. The van der Waals surface area contributed by atoms with E-state index in [0.717, 1.165) is 11.4 Å². The van der Waals surface area contributed by atoms with Gasteiger partial charge in [-0.2, -0.15) is 0 Å². The molecule has 0 radical (unpaired) electrons. The van der Waals surface area contributed by atoms with Crippen molar-refractivity contribution in [3.8, 4) is 11.4 Å². The lowest BCUT2D eigenvalue weighted by molar-refractivity contribution is -0.113. The van der Waals surface area contributed by atoms with E-state index in [1.807, 2.05) is 42.7 Å². The van der Waals surface area contributed by atoms with E-state index in [4.69, 9.17) is 34.8 Å². The van der Waals surface area contributed by atoms with E-state index in [2.05, 4.69) is 15.5 Å². The Kier molecular flexibility index (Phi) is 6.88. The molecule has 28 heavy (non-hydrogen) atoms. The highest BCUT2D eigenvalue weighted by Crippen LogP contribution is 2.32. The Morgan fingerprint density at radius 3 is 2.43 bits per heavy atom. The number of carbonyl (C=O) groups is 1. The maximum atomic E-state index is 12.3. The zero-order valence-corrected chi connectivity index (χ0v) is 18.3. The van der Waals surface area contributed by atoms with Crippen molar-refractivity contribution >= 4 is 58.2 Å². The Hall–Kier alpha value is -1.73. The van der Waals surface area contributed by atoms with Crippen LogP contribution in [-0.2, 0) is 11.3 Å². The highest BCUT2D eigenvalue weighted by molar-refractivity contribution is 7.99. The third kappa shape index (κ3) is 4.81. The molecule has 1 N–H and O–H groups in total. The number of thioether (sulfide) groups is 1. The van der Waals surface area contributed by atoms with Crippen molar-refractivity contribution in [1.82, 2.24) is 14.8 Å². The second-order valence-corrected chi connectivity index (χ2v) is 8.16. The molecule has 0 aliphatic rings. The molecule has 0 unspecified atom stereocenters. The third-order valence-corrected chi connectivity index (χ3v) is 5.96. The molecule has 0 aliphatic heterocycles. The summed E-state index contributed by atoms with van der Waals surface area (Å²) in [6.07, 6.45) is 0. The van der Waals surface area contributed by atoms with E-state index < -0.39 is 0 Å². The molecule has 1 aromatic heterocycles. The maximum Gasteiger partial charge on any atom is 0.234 e. The summed E-state index contributed by atoms with van der Waals surface area (Å²) >= 11 is 19.3. The standard InChI is InChI=1S/C19H17Cl3N4OS/c1-3-26-18(12-6-4-11(2)5-7-12)24-25-19(26)28-10-17(27)23-16-9-14(21)13(20)8-15(16)22/h4-9H,3,10H2,1-2H3,(H,23,27). The lowest BCUT2D eigenvalue weighted by Gasteiger charge is -2.09.